The van der Waals surface area contributed by atoms with Crippen molar-refractivity contribution in [2.45, 2.75) is 13.3 Å². The number of rotatable bonds is 5. The summed E-state index contributed by atoms with van der Waals surface area (Å²) < 4.78 is 10.5. The molecule has 5 nitrogen and oxygen atoms in total. The fourth-order valence-electron chi connectivity index (χ4n) is 1.98. The van der Waals surface area contributed by atoms with E-state index >= 15 is 0 Å². The normalized spacial score (nSPS) is 10.4. The van der Waals surface area contributed by atoms with Gasteiger partial charge in [0, 0.05) is 29.4 Å². The van der Waals surface area contributed by atoms with E-state index in [1.54, 1.807) is 14.2 Å². The SMILES string of the molecule is COc1cc(OC)cc(-c2nc(C)cc(CCN)n2)c1. The Labute approximate surface area is 118 Å². The van der Waals surface area contributed by atoms with Gasteiger partial charge in [-0.1, -0.05) is 0 Å². The molecule has 0 saturated heterocycles. The van der Waals surface area contributed by atoms with Crippen LogP contribution >= 0.6 is 0 Å². The van der Waals surface area contributed by atoms with Gasteiger partial charge in [0.1, 0.15) is 11.5 Å². The minimum atomic E-state index is 0.567. The molecule has 0 radical (unpaired) electrons. The summed E-state index contributed by atoms with van der Waals surface area (Å²) in [5.74, 6) is 2.08. The van der Waals surface area contributed by atoms with E-state index in [1.165, 1.54) is 0 Å². The van der Waals surface area contributed by atoms with Crippen LogP contribution in [0.2, 0.25) is 0 Å². The van der Waals surface area contributed by atoms with E-state index in [0.29, 0.717) is 23.9 Å². The van der Waals surface area contributed by atoms with Crippen molar-refractivity contribution in [3.63, 3.8) is 0 Å². The van der Waals surface area contributed by atoms with Gasteiger partial charge in [-0.25, -0.2) is 9.97 Å². The highest BCUT2D eigenvalue weighted by Crippen LogP contribution is 2.28. The largest absolute Gasteiger partial charge is 0.497 e. The summed E-state index contributed by atoms with van der Waals surface area (Å²) in [5.41, 5.74) is 8.31. The highest BCUT2D eigenvalue weighted by atomic mass is 16.5. The molecule has 1 aromatic carbocycles. The standard InChI is InChI=1S/C15H19N3O2/c1-10-6-12(4-5-16)18-15(17-10)11-7-13(19-2)9-14(8-11)20-3/h6-9H,4-5,16H2,1-3H3. The average molecular weight is 273 g/mol. The van der Waals surface area contributed by atoms with Crippen LogP contribution in [0.4, 0.5) is 0 Å². The Bertz CT molecular complexity index is 577. The van der Waals surface area contributed by atoms with Gasteiger partial charge >= 0.3 is 0 Å². The molecule has 106 valence electrons. The van der Waals surface area contributed by atoms with Gasteiger partial charge < -0.3 is 15.2 Å². The van der Waals surface area contributed by atoms with Crippen LogP contribution in [0.3, 0.4) is 0 Å². The van der Waals surface area contributed by atoms with Gasteiger partial charge in [0.2, 0.25) is 0 Å². The summed E-state index contributed by atoms with van der Waals surface area (Å²) in [6.07, 6.45) is 0.734. The van der Waals surface area contributed by atoms with E-state index in [4.69, 9.17) is 15.2 Å². The highest BCUT2D eigenvalue weighted by Gasteiger charge is 2.09. The third-order valence-electron chi connectivity index (χ3n) is 2.92. The van der Waals surface area contributed by atoms with Crippen molar-refractivity contribution in [3.8, 4) is 22.9 Å². The summed E-state index contributed by atoms with van der Waals surface area (Å²) in [4.78, 5) is 9.02. The second kappa shape index (κ2) is 6.34. The molecule has 0 saturated carbocycles. The third kappa shape index (κ3) is 3.24. The second-order valence-corrected chi connectivity index (χ2v) is 4.46. The van der Waals surface area contributed by atoms with E-state index in [1.807, 2.05) is 31.2 Å². The number of aryl methyl sites for hydroxylation is 1. The smallest absolute Gasteiger partial charge is 0.159 e. The Kier molecular flexibility index (Phi) is 4.53. The Morgan fingerprint density at radius 3 is 2.20 bits per heavy atom. The summed E-state index contributed by atoms with van der Waals surface area (Å²) >= 11 is 0. The van der Waals surface area contributed by atoms with E-state index in [9.17, 15) is 0 Å². The summed E-state index contributed by atoms with van der Waals surface area (Å²) in [6.45, 7) is 2.51. The molecule has 0 aliphatic rings. The predicted octanol–water partition coefficient (Wildman–Crippen LogP) is 1.97. The number of hydrogen-bond acceptors (Lipinski definition) is 5. The number of methoxy groups -OCH3 is 2. The number of nitrogens with two attached hydrogens (primary N) is 1. The number of benzene rings is 1. The third-order valence-corrected chi connectivity index (χ3v) is 2.92. The minimum absolute atomic E-state index is 0.567. The van der Waals surface area contributed by atoms with Crippen LogP contribution in [-0.2, 0) is 6.42 Å². The maximum absolute atomic E-state index is 5.59. The van der Waals surface area contributed by atoms with Gasteiger partial charge in [-0.2, -0.15) is 0 Å². The maximum atomic E-state index is 5.59. The molecule has 1 heterocycles. The number of nitrogens with zero attached hydrogens (tertiary/aromatic N) is 2. The molecule has 2 rings (SSSR count). The van der Waals surface area contributed by atoms with Crippen molar-refractivity contribution in [3.05, 3.63) is 35.7 Å². The van der Waals surface area contributed by atoms with Crippen LogP contribution in [0.15, 0.2) is 24.3 Å². The van der Waals surface area contributed by atoms with E-state index in [-0.39, 0.29) is 0 Å². The molecule has 0 aliphatic carbocycles. The molecule has 5 heteroatoms. The van der Waals surface area contributed by atoms with Crippen molar-refractivity contribution in [1.82, 2.24) is 9.97 Å². The van der Waals surface area contributed by atoms with Crippen molar-refractivity contribution >= 4 is 0 Å². The zero-order valence-electron chi connectivity index (χ0n) is 12.0. The lowest BCUT2D eigenvalue weighted by Crippen LogP contribution is -2.06. The van der Waals surface area contributed by atoms with Gasteiger partial charge in [0.05, 0.1) is 14.2 Å². The lowest BCUT2D eigenvalue weighted by Gasteiger charge is -2.09. The Morgan fingerprint density at radius 1 is 1.00 bits per heavy atom. The fourth-order valence-corrected chi connectivity index (χ4v) is 1.98. The molecule has 2 N–H and O–H groups in total. The van der Waals surface area contributed by atoms with Crippen LogP contribution in [-0.4, -0.2) is 30.7 Å². The molecule has 2 aromatic rings. The lowest BCUT2D eigenvalue weighted by atomic mass is 10.1. The first-order valence-corrected chi connectivity index (χ1v) is 6.44. The van der Waals surface area contributed by atoms with E-state index in [2.05, 4.69) is 9.97 Å². The van der Waals surface area contributed by atoms with Gasteiger partial charge in [-0.15, -0.1) is 0 Å². The molecule has 0 spiro atoms. The van der Waals surface area contributed by atoms with Crippen molar-refractivity contribution in [2.24, 2.45) is 5.73 Å². The Balaban J connectivity index is 2.49. The minimum Gasteiger partial charge on any atom is -0.497 e. The second-order valence-electron chi connectivity index (χ2n) is 4.46. The molecule has 0 aliphatic heterocycles. The van der Waals surface area contributed by atoms with Gasteiger partial charge in [-0.3, -0.25) is 0 Å². The zero-order chi connectivity index (χ0) is 14.5. The van der Waals surface area contributed by atoms with E-state index in [0.717, 1.165) is 23.4 Å². The van der Waals surface area contributed by atoms with Crippen LogP contribution in [0.25, 0.3) is 11.4 Å². The molecule has 0 fully saturated rings. The topological polar surface area (TPSA) is 70.3 Å². The molecule has 0 atom stereocenters. The molecule has 0 bridgehead atoms. The van der Waals surface area contributed by atoms with Crippen LogP contribution in [0.1, 0.15) is 11.4 Å². The Hall–Kier alpha value is -2.14. The molecule has 1 aromatic heterocycles. The molecule has 20 heavy (non-hydrogen) atoms. The van der Waals surface area contributed by atoms with Gasteiger partial charge in [0.25, 0.3) is 0 Å². The zero-order valence-corrected chi connectivity index (χ0v) is 12.0. The molecule has 0 unspecified atom stereocenters. The first-order valence-electron chi connectivity index (χ1n) is 6.44. The van der Waals surface area contributed by atoms with Crippen molar-refractivity contribution < 1.29 is 9.47 Å². The monoisotopic (exact) mass is 273 g/mol. The molecule has 0 amide bonds. The summed E-state index contributed by atoms with van der Waals surface area (Å²) in [7, 11) is 3.24. The molecular formula is C15H19N3O2. The van der Waals surface area contributed by atoms with Crippen LogP contribution in [0.5, 0.6) is 11.5 Å². The quantitative estimate of drug-likeness (QED) is 0.902. The number of hydrogen-bond donors (Lipinski definition) is 1. The molecular weight excluding hydrogens is 254 g/mol. The van der Waals surface area contributed by atoms with Crippen LogP contribution < -0.4 is 15.2 Å². The highest BCUT2D eigenvalue weighted by molar-refractivity contribution is 5.61. The Morgan fingerprint density at radius 2 is 1.65 bits per heavy atom. The van der Waals surface area contributed by atoms with Crippen molar-refractivity contribution in [2.75, 3.05) is 20.8 Å². The summed E-state index contributed by atoms with van der Waals surface area (Å²) in [6, 6.07) is 7.56. The van der Waals surface area contributed by atoms with Crippen LogP contribution in [0, 0.1) is 6.92 Å². The van der Waals surface area contributed by atoms with E-state index < -0.39 is 0 Å². The maximum Gasteiger partial charge on any atom is 0.159 e. The van der Waals surface area contributed by atoms with Gasteiger partial charge in [0.15, 0.2) is 5.82 Å². The lowest BCUT2D eigenvalue weighted by molar-refractivity contribution is 0.394. The summed E-state index contributed by atoms with van der Waals surface area (Å²) in [5, 5.41) is 0. The number of ether oxygens (including phenoxy) is 2. The number of aromatic nitrogens is 2. The first kappa shape index (κ1) is 14.3. The first-order chi connectivity index (χ1) is 9.66. The average Bonchev–Trinajstić information content (AvgIpc) is 2.46. The fraction of sp³-hybridized carbons (Fsp3) is 0.333. The van der Waals surface area contributed by atoms with Gasteiger partial charge in [-0.05, 0) is 31.7 Å². The predicted molar refractivity (Wildman–Crippen MR) is 78.1 cm³/mol. The van der Waals surface area contributed by atoms with Crippen molar-refractivity contribution in [1.29, 1.82) is 0 Å².